The molecule has 1 heterocycles. The Morgan fingerprint density at radius 1 is 1.40 bits per heavy atom. The van der Waals surface area contributed by atoms with E-state index in [9.17, 15) is 0 Å². The smallest absolute Gasteiger partial charge is 0.281 e. The number of para-hydroxylation sites is 1. The first kappa shape index (κ1) is 9.67. The molecular weight excluding hydrogens is 196 g/mol. The van der Waals surface area contributed by atoms with Crippen molar-refractivity contribution < 1.29 is 14.7 Å². The lowest BCUT2D eigenvalue weighted by Gasteiger charge is -1.97. The molecule has 5 nitrogen and oxygen atoms in total. The van der Waals surface area contributed by atoms with Crippen molar-refractivity contribution in [3.05, 3.63) is 29.8 Å². The normalized spacial score (nSPS) is 16.3. The number of nitrogens with one attached hydrogen (secondary N) is 1. The highest BCUT2D eigenvalue weighted by Gasteiger charge is 2.25. The van der Waals surface area contributed by atoms with Gasteiger partial charge in [-0.05, 0) is 17.3 Å². The molecule has 0 aliphatic carbocycles. The maximum atomic E-state index is 8.49. The summed E-state index contributed by atoms with van der Waals surface area (Å²) in [5.74, 6) is 0.735. The van der Waals surface area contributed by atoms with Gasteiger partial charge in [-0.3, -0.25) is 5.41 Å². The second-order valence-corrected chi connectivity index (χ2v) is 2.93. The number of hydrogen-bond donors (Lipinski definition) is 2. The average Bonchev–Trinajstić information content (AvgIpc) is 2.57. The van der Waals surface area contributed by atoms with E-state index in [-0.39, 0.29) is 24.8 Å². The molecule has 0 aromatic heterocycles. The molecule has 0 fully saturated rings. The van der Waals surface area contributed by atoms with Crippen molar-refractivity contribution in [3.8, 4) is 5.75 Å². The van der Waals surface area contributed by atoms with Crippen LogP contribution in [0.15, 0.2) is 29.4 Å². The molecule has 2 rings (SSSR count). The molecule has 0 radical (unpaired) electrons. The van der Waals surface area contributed by atoms with Gasteiger partial charge in [0.1, 0.15) is 18.1 Å². The Bertz CT molecular complexity index is 415. The van der Waals surface area contributed by atoms with Gasteiger partial charge in [0, 0.05) is 5.56 Å². The molecule has 1 aromatic rings. The van der Waals surface area contributed by atoms with E-state index in [4.69, 9.17) is 20.1 Å². The van der Waals surface area contributed by atoms with Crippen molar-refractivity contribution in [1.82, 2.24) is 0 Å². The van der Waals surface area contributed by atoms with Crippen molar-refractivity contribution in [2.75, 3.05) is 13.2 Å². The van der Waals surface area contributed by atoms with Gasteiger partial charge in [-0.25, -0.2) is 0 Å². The molecule has 1 aliphatic rings. The number of hydrogen-bond acceptors (Lipinski definition) is 5. The number of ether oxygens (including phenoxy) is 1. The van der Waals surface area contributed by atoms with E-state index in [2.05, 4.69) is 5.16 Å². The Labute approximate surface area is 86.4 Å². The summed E-state index contributed by atoms with van der Waals surface area (Å²) in [5, 5.41) is 19.8. The number of rotatable bonds is 3. The lowest BCUT2D eigenvalue weighted by molar-refractivity contribution is 0.0961. The van der Waals surface area contributed by atoms with Gasteiger partial charge >= 0.3 is 0 Å². The summed E-state index contributed by atoms with van der Waals surface area (Å²) in [6.45, 7) is -0.0203. The third kappa shape index (κ3) is 1.82. The van der Waals surface area contributed by atoms with Crippen LogP contribution in [-0.4, -0.2) is 29.9 Å². The molecule has 0 spiro atoms. The fraction of sp³-hybridized carbons (Fsp3) is 0.200. The lowest BCUT2D eigenvalue weighted by Crippen LogP contribution is -2.13. The fourth-order valence-electron chi connectivity index (χ4n) is 1.24. The molecule has 15 heavy (non-hydrogen) atoms. The first-order valence-electron chi connectivity index (χ1n) is 4.50. The summed E-state index contributed by atoms with van der Waals surface area (Å²) in [6.07, 6.45) is 0. The van der Waals surface area contributed by atoms with Gasteiger partial charge < -0.3 is 14.7 Å². The van der Waals surface area contributed by atoms with Crippen LogP contribution in [0.25, 0.3) is 0 Å². The predicted octanol–water partition coefficient (Wildman–Crippen LogP) is 0.769. The van der Waals surface area contributed by atoms with E-state index in [0.717, 1.165) is 0 Å². The molecule has 1 aliphatic heterocycles. The first-order chi connectivity index (χ1) is 7.33. The monoisotopic (exact) mass is 206 g/mol. The second kappa shape index (κ2) is 4.10. The number of fused-ring (bicyclic) bond motifs is 1. The van der Waals surface area contributed by atoms with E-state index in [1.165, 1.54) is 0 Å². The van der Waals surface area contributed by atoms with Crippen LogP contribution in [0.4, 0.5) is 0 Å². The van der Waals surface area contributed by atoms with Crippen molar-refractivity contribution in [2.24, 2.45) is 5.16 Å². The topological polar surface area (TPSA) is 74.9 Å². The van der Waals surface area contributed by atoms with Gasteiger partial charge in [-0.2, -0.15) is 0 Å². The molecule has 78 valence electrons. The molecular formula is C10H10N2O3. The molecule has 0 amide bonds. The van der Waals surface area contributed by atoms with E-state index < -0.39 is 0 Å². The van der Waals surface area contributed by atoms with Crippen LogP contribution in [0.3, 0.4) is 0 Å². The predicted molar refractivity (Wildman–Crippen MR) is 54.4 cm³/mol. The third-order valence-corrected chi connectivity index (χ3v) is 1.91. The molecule has 0 atom stereocenters. The Morgan fingerprint density at radius 3 is 2.93 bits per heavy atom. The standard InChI is InChI=1S/C10H10N2O3/c11-9-7-3-1-2-4-8(7)15-10(9)12-14-6-5-13/h1-4,11,13H,5-6H2/b11-9?,12-10+. The van der Waals surface area contributed by atoms with Gasteiger partial charge in [-0.15, -0.1) is 0 Å². The van der Waals surface area contributed by atoms with Crippen LogP contribution in [0.2, 0.25) is 0 Å². The summed E-state index contributed by atoms with van der Waals surface area (Å²) in [5.41, 5.74) is 0.896. The number of benzene rings is 1. The molecule has 0 bridgehead atoms. The van der Waals surface area contributed by atoms with E-state index in [0.29, 0.717) is 11.3 Å². The summed E-state index contributed by atoms with van der Waals surface area (Å²) in [4.78, 5) is 4.74. The molecule has 0 unspecified atom stereocenters. The molecule has 0 saturated heterocycles. The number of aliphatic hydroxyl groups is 1. The lowest BCUT2D eigenvalue weighted by atomic mass is 10.1. The van der Waals surface area contributed by atoms with Crippen LogP contribution in [0, 0.1) is 5.41 Å². The Hall–Kier alpha value is -1.88. The zero-order valence-corrected chi connectivity index (χ0v) is 7.93. The van der Waals surface area contributed by atoms with E-state index in [1.807, 2.05) is 12.1 Å². The summed E-state index contributed by atoms with van der Waals surface area (Å²) in [7, 11) is 0. The fourth-order valence-corrected chi connectivity index (χ4v) is 1.24. The van der Waals surface area contributed by atoms with Crippen LogP contribution >= 0.6 is 0 Å². The molecule has 5 heteroatoms. The van der Waals surface area contributed by atoms with Crippen molar-refractivity contribution in [2.45, 2.75) is 0 Å². The van der Waals surface area contributed by atoms with Gasteiger partial charge in [0.15, 0.2) is 0 Å². The minimum absolute atomic E-state index is 0.0937. The number of aliphatic hydroxyl groups excluding tert-OH is 1. The summed E-state index contributed by atoms with van der Waals surface area (Å²) in [6, 6.07) is 7.20. The van der Waals surface area contributed by atoms with Crippen molar-refractivity contribution in [3.63, 3.8) is 0 Å². The van der Waals surface area contributed by atoms with Crippen LogP contribution in [-0.2, 0) is 4.84 Å². The van der Waals surface area contributed by atoms with E-state index >= 15 is 0 Å². The van der Waals surface area contributed by atoms with Crippen molar-refractivity contribution in [1.29, 1.82) is 5.41 Å². The highest BCUT2D eigenvalue weighted by Crippen LogP contribution is 2.25. The second-order valence-electron chi connectivity index (χ2n) is 2.93. The van der Waals surface area contributed by atoms with Crippen LogP contribution < -0.4 is 4.74 Å². The van der Waals surface area contributed by atoms with E-state index in [1.54, 1.807) is 12.1 Å². The number of oxime groups is 1. The summed E-state index contributed by atoms with van der Waals surface area (Å²) < 4.78 is 5.28. The summed E-state index contributed by atoms with van der Waals surface area (Å²) >= 11 is 0. The molecule has 1 aromatic carbocycles. The molecule has 2 N–H and O–H groups in total. The Morgan fingerprint density at radius 2 is 2.20 bits per heavy atom. The van der Waals surface area contributed by atoms with Crippen LogP contribution in [0.1, 0.15) is 5.56 Å². The number of nitrogens with zero attached hydrogens (tertiary/aromatic N) is 1. The minimum Gasteiger partial charge on any atom is -0.434 e. The SMILES string of the molecule is N=C1/C(=N\OCCO)Oc2ccccc21. The maximum Gasteiger partial charge on any atom is 0.281 e. The quantitative estimate of drug-likeness (QED) is 0.566. The highest BCUT2D eigenvalue weighted by atomic mass is 16.7. The highest BCUT2D eigenvalue weighted by molar-refractivity contribution is 6.47. The largest absolute Gasteiger partial charge is 0.434 e. The zero-order valence-electron chi connectivity index (χ0n) is 7.93. The van der Waals surface area contributed by atoms with Crippen molar-refractivity contribution >= 4 is 11.6 Å². The third-order valence-electron chi connectivity index (χ3n) is 1.91. The van der Waals surface area contributed by atoms with Gasteiger partial charge in [-0.1, -0.05) is 12.1 Å². The minimum atomic E-state index is -0.114. The van der Waals surface area contributed by atoms with Gasteiger partial charge in [0.25, 0.3) is 5.90 Å². The molecule has 0 saturated carbocycles. The van der Waals surface area contributed by atoms with Crippen LogP contribution in [0.5, 0.6) is 5.75 Å². The average molecular weight is 206 g/mol. The zero-order chi connectivity index (χ0) is 10.7. The maximum absolute atomic E-state index is 8.49. The van der Waals surface area contributed by atoms with Gasteiger partial charge in [0.2, 0.25) is 0 Å². The Kier molecular flexibility index (Phi) is 2.64. The first-order valence-corrected chi connectivity index (χ1v) is 4.50. The van der Waals surface area contributed by atoms with Gasteiger partial charge in [0.05, 0.1) is 6.61 Å². The Balaban J connectivity index is 2.16.